The van der Waals surface area contributed by atoms with E-state index in [0.29, 0.717) is 43.2 Å². The number of nitrogens with one attached hydrogen (secondary N) is 1. The molecule has 0 unspecified atom stereocenters. The number of morpholine rings is 1. The van der Waals surface area contributed by atoms with Crippen LogP contribution in [0.25, 0.3) is 0 Å². The third kappa shape index (κ3) is 3.47. The number of carbonyl (C=O) groups is 1. The third-order valence-electron chi connectivity index (χ3n) is 3.60. The van der Waals surface area contributed by atoms with E-state index < -0.39 is 0 Å². The van der Waals surface area contributed by atoms with E-state index in [9.17, 15) is 4.79 Å². The first-order valence-electron chi connectivity index (χ1n) is 7.37. The molecule has 1 amide bonds. The second-order valence-electron chi connectivity index (χ2n) is 5.12. The minimum absolute atomic E-state index is 0.106. The van der Waals surface area contributed by atoms with Crippen LogP contribution in [-0.4, -0.2) is 42.1 Å². The van der Waals surface area contributed by atoms with Gasteiger partial charge in [-0.2, -0.15) is 5.26 Å². The van der Waals surface area contributed by atoms with Crippen LogP contribution in [0.15, 0.2) is 42.6 Å². The standard InChI is InChI=1S/C17H16N4O2/c18-12-13-3-1-2-4-15(13)20-14-5-6-19-16(11-14)17(22)21-7-9-23-10-8-21/h1-6,11H,7-10H2,(H,19,20). The molecule has 2 heterocycles. The van der Waals surface area contributed by atoms with Crippen molar-refractivity contribution in [1.29, 1.82) is 5.26 Å². The van der Waals surface area contributed by atoms with Gasteiger partial charge in [0.1, 0.15) is 11.8 Å². The normalized spacial score (nSPS) is 14.1. The molecule has 0 saturated carbocycles. The Hall–Kier alpha value is -2.91. The lowest BCUT2D eigenvalue weighted by Crippen LogP contribution is -2.41. The van der Waals surface area contributed by atoms with Gasteiger partial charge in [-0.25, -0.2) is 0 Å². The number of carbonyl (C=O) groups excluding carboxylic acids is 1. The zero-order chi connectivity index (χ0) is 16.1. The Morgan fingerprint density at radius 2 is 2.04 bits per heavy atom. The van der Waals surface area contributed by atoms with Crippen molar-refractivity contribution in [3.8, 4) is 6.07 Å². The molecule has 1 fully saturated rings. The van der Waals surface area contributed by atoms with Crippen molar-refractivity contribution in [2.24, 2.45) is 0 Å². The molecule has 0 aliphatic carbocycles. The molecule has 6 nitrogen and oxygen atoms in total. The molecule has 1 aromatic heterocycles. The second kappa shape index (κ2) is 6.90. The van der Waals surface area contributed by atoms with Gasteiger partial charge in [-0.3, -0.25) is 9.78 Å². The highest BCUT2D eigenvalue weighted by Gasteiger charge is 2.19. The lowest BCUT2D eigenvalue weighted by Gasteiger charge is -2.26. The predicted octanol–water partition coefficient (Wildman–Crippen LogP) is 2.17. The molecule has 0 spiro atoms. The Balaban J connectivity index is 1.80. The minimum atomic E-state index is -0.106. The first-order valence-corrected chi connectivity index (χ1v) is 7.37. The summed E-state index contributed by atoms with van der Waals surface area (Å²) in [5, 5.41) is 12.3. The molecule has 23 heavy (non-hydrogen) atoms. The fourth-order valence-electron chi connectivity index (χ4n) is 2.40. The van der Waals surface area contributed by atoms with Gasteiger partial charge < -0.3 is 15.0 Å². The van der Waals surface area contributed by atoms with Crippen LogP contribution in [0, 0.1) is 11.3 Å². The number of hydrogen-bond donors (Lipinski definition) is 1. The Kier molecular flexibility index (Phi) is 4.50. The predicted molar refractivity (Wildman–Crippen MR) is 85.4 cm³/mol. The maximum absolute atomic E-state index is 12.5. The number of amides is 1. The fourth-order valence-corrected chi connectivity index (χ4v) is 2.40. The summed E-state index contributed by atoms with van der Waals surface area (Å²) in [7, 11) is 0. The topological polar surface area (TPSA) is 78.2 Å². The molecule has 2 aromatic rings. The summed E-state index contributed by atoms with van der Waals surface area (Å²) in [6, 6.07) is 12.8. The maximum atomic E-state index is 12.5. The first-order chi connectivity index (χ1) is 11.3. The number of para-hydroxylation sites is 1. The number of aromatic nitrogens is 1. The Morgan fingerprint density at radius 3 is 2.83 bits per heavy atom. The van der Waals surface area contributed by atoms with Gasteiger partial charge in [-0.1, -0.05) is 12.1 Å². The number of benzene rings is 1. The molecule has 1 N–H and O–H groups in total. The molecule has 0 radical (unpaired) electrons. The second-order valence-corrected chi connectivity index (χ2v) is 5.12. The Bertz CT molecular complexity index is 748. The van der Waals surface area contributed by atoms with Crippen LogP contribution >= 0.6 is 0 Å². The lowest BCUT2D eigenvalue weighted by molar-refractivity contribution is 0.0299. The van der Waals surface area contributed by atoms with Gasteiger partial charge in [0, 0.05) is 25.0 Å². The van der Waals surface area contributed by atoms with Crippen molar-refractivity contribution >= 4 is 17.3 Å². The van der Waals surface area contributed by atoms with E-state index in [1.54, 1.807) is 29.3 Å². The lowest BCUT2D eigenvalue weighted by atomic mass is 10.2. The highest BCUT2D eigenvalue weighted by Crippen LogP contribution is 2.20. The summed E-state index contributed by atoms with van der Waals surface area (Å²) < 4.78 is 5.26. The Labute approximate surface area is 134 Å². The van der Waals surface area contributed by atoms with Crippen LogP contribution in [0.2, 0.25) is 0 Å². The number of nitriles is 1. The molecule has 3 rings (SSSR count). The van der Waals surface area contributed by atoms with Crippen molar-refractivity contribution in [2.45, 2.75) is 0 Å². The van der Waals surface area contributed by atoms with Gasteiger partial charge in [-0.05, 0) is 24.3 Å². The zero-order valence-corrected chi connectivity index (χ0v) is 12.5. The van der Waals surface area contributed by atoms with Crippen molar-refractivity contribution in [1.82, 2.24) is 9.88 Å². The molecule has 1 aliphatic rings. The van der Waals surface area contributed by atoms with Crippen molar-refractivity contribution in [3.05, 3.63) is 53.9 Å². The number of pyridine rings is 1. The third-order valence-corrected chi connectivity index (χ3v) is 3.60. The SMILES string of the molecule is N#Cc1ccccc1Nc1ccnc(C(=O)N2CCOCC2)c1. The van der Waals surface area contributed by atoms with E-state index in [1.807, 2.05) is 18.2 Å². The van der Waals surface area contributed by atoms with Crippen LogP contribution in [0.3, 0.4) is 0 Å². The number of anilines is 2. The molecule has 0 atom stereocenters. The Morgan fingerprint density at radius 1 is 1.26 bits per heavy atom. The summed E-state index contributed by atoms with van der Waals surface area (Å²) in [5.41, 5.74) is 2.35. The van der Waals surface area contributed by atoms with Gasteiger partial charge in [0.25, 0.3) is 5.91 Å². The van der Waals surface area contributed by atoms with Crippen LogP contribution in [-0.2, 0) is 4.74 Å². The molecule has 1 saturated heterocycles. The maximum Gasteiger partial charge on any atom is 0.272 e. The van der Waals surface area contributed by atoms with Crippen molar-refractivity contribution < 1.29 is 9.53 Å². The smallest absolute Gasteiger partial charge is 0.272 e. The number of rotatable bonds is 3. The molecule has 116 valence electrons. The van der Waals surface area contributed by atoms with Gasteiger partial charge in [0.05, 0.1) is 24.5 Å². The van der Waals surface area contributed by atoms with Crippen molar-refractivity contribution in [2.75, 3.05) is 31.6 Å². The largest absolute Gasteiger partial charge is 0.378 e. The molecular weight excluding hydrogens is 292 g/mol. The molecule has 0 bridgehead atoms. The van der Waals surface area contributed by atoms with Crippen molar-refractivity contribution in [3.63, 3.8) is 0 Å². The summed E-state index contributed by atoms with van der Waals surface area (Å²) in [6.07, 6.45) is 1.59. The van der Waals surface area contributed by atoms with E-state index in [-0.39, 0.29) is 5.91 Å². The summed E-state index contributed by atoms with van der Waals surface area (Å²) in [5.74, 6) is -0.106. The zero-order valence-electron chi connectivity index (χ0n) is 12.5. The van der Waals surface area contributed by atoms with Crippen LogP contribution in [0.5, 0.6) is 0 Å². The van der Waals surface area contributed by atoms with E-state index in [4.69, 9.17) is 10.00 Å². The summed E-state index contributed by atoms with van der Waals surface area (Å²) >= 11 is 0. The van der Waals surface area contributed by atoms with Gasteiger partial charge >= 0.3 is 0 Å². The number of nitrogens with zero attached hydrogens (tertiary/aromatic N) is 3. The monoisotopic (exact) mass is 308 g/mol. The van der Waals surface area contributed by atoms with Gasteiger partial charge in [0.2, 0.25) is 0 Å². The van der Waals surface area contributed by atoms with Crippen LogP contribution < -0.4 is 5.32 Å². The number of ether oxygens (including phenoxy) is 1. The molecule has 1 aliphatic heterocycles. The fraction of sp³-hybridized carbons (Fsp3) is 0.235. The summed E-state index contributed by atoms with van der Waals surface area (Å²) in [4.78, 5) is 18.4. The first kappa shape index (κ1) is 15.0. The highest BCUT2D eigenvalue weighted by molar-refractivity contribution is 5.93. The van der Waals surface area contributed by atoms with Crippen LogP contribution in [0.1, 0.15) is 16.1 Å². The summed E-state index contributed by atoms with van der Waals surface area (Å²) in [6.45, 7) is 2.27. The van der Waals surface area contributed by atoms with Gasteiger partial charge in [-0.15, -0.1) is 0 Å². The molecule has 6 heteroatoms. The minimum Gasteiger partial charge on any atom is -0.378 e. The highest BCUT2D eigenvalue weighted by atomic mass is 16.5. The quantitative estimate of drug-likeness (QED) is 0.940. The molecule has 1 aromatic carbocycles. The average molecular weight is 308 g/mol. The van der Waals surface area contributed by atoms with E-state index in [1.165, 1.54) is 0 Å². The van der Waals surface area contributed by atoms with E-state index in [0.717, 1.165) is 5.69 Å². The van der Waals surface area contributed by atoms with Crippen LogP contribution in [0.4, 0.5) is 11.4 Å². The molecular formula is C17H16N4O2. The number of hydrogen-bond acceptors (Lipinski definition) is 5. The van der Waals surface area contributed by atoms with Gasteiger partial charge in [0.15, 0.2) is 0 Å². The average Bonchev–Trinajstić information content (AvgIpc) is 2.62. The van der Waals surface area contributed by atoms with E-state index in [2.05, 4.69) is 16.4 Å². The van der Waals surface area contributed by atoms with E-state index >= 15 is 0 Å².